The fourth-order valence-electron chi connectivity index (χ4n) is 3.17. The largest absolute Gasteiger partial charge is 0.494 e. The summed E-state index contributed by atoms with van der Waals surface area (Å²) < 4.78 is 10.8. The first-order valence-corrected chi connectivity index (χ1v) is 10.4. The molecule has 1 amide bonds. The quantitative estimate of drug-likeness (QED) is 0.389. The molecule has 0 atom stereocenters. The number of carbonyl (C=O) groups excluding carboxylic acids is 2. The van der Waals surface area contributed by atoms with E-state index < -0.39 is 0 Å². The summed E-state index contributed by atoms with van der Waals surface area (Å²) in [6.45, 7) is 6.53. The summed E-state index contributed by atoms with van der Waals surface area (Å²) in [5.41, 5.74) is 4.46. The van der Waals surface area contributed by atoms with Crippen LogP contribution in [0.3, 0.4) is 0 Å². The van der Waals surface area contributed by atoms with Crippen LogP contribution in [-0.2, 0) is 11.2 Å². The average Bonchev–Trinajstić information content (AvgIpc) is 2.76. The molecule has 5 nitrogen and oxygen atoms in total. The molecule has 0 spiro atoms. The molecule has 5 heteroatoms. The first kappa shape index (κ1) is 22.1. The van der Waals surface area contributed by atoms with Gasteiger partial charge in [0.15, 0.2) is 0 Å². The summed E-state index contributed by atoms with van der Waals surface area (Å²) in [6, 6.07) is 20.1. The van der Waals surface area contributed by atoms with Crippen molar-refractivity contribution in [1.29, 1.82) is 0 Å². The Morgan fingerprint density at radius 1 is 0.871 bits per heavy atom. The molecular weight excluding hydrogens is 390 g/mol. The van der Waals surface area contributed by atoms with E-state index in [0.29, 0.717) is 24.3 Å². The van der Waals surface area contributed by atoms with Gasteiger partial charge in [-0.25, -0.2) is 0 Å². The summed E-state index contributed by atoms with van der Waals surface area (Å²) in [4.78, 5) is 24.6. The van der Waals surface area contributed by atoms with Crippen molar-refractivity contribution in [2.75, 3.05) is 11.9 Å². The second-order valence-electron chi connectivity index (χ2n) is 7.35. The number of amides is 1. The van der Waals surface area contributed by atoms with E-state index in [1.54, 1.807) is 24.3 Å². The Labute approximate surface area is 183 Å². The van der Waals surface area contributed by atoms with Gasteiger partial charge in [0, 0.05) is 17.7 Å². The van der Waals surface area contributed by atoms with Gasteiger partial charge in [-0.05, 0) is 80.8 Å². The Kier molecular flexibility index (Phi) is 7.44. The van der Waals surface area contributed by atoms with Crippen LogP contribution in [0.25, 0.3) is 0 Å². The van der Waals surface area contributed by atoms with Crippen LogP contribution in [-0.4, -0.2) is 18.5 Å². The minimum absolute atomic E-state index is 0.208. The molecule has 0 aliphatic carbocycles. The Morgan fingerprint density at radius 2 is 1.55 bits per heavy atom. The molecule has 3 aromatic rings. The second-order valence-corrected chi connectivity index (χ2v) is 7.35. The maximum atomic E-state index is 12.5. The molecule has 160 valence electrons. The molecule has 31 heavy (non-hydrogen) atoms. The third-order valence-electron chi connectivity index (χ3n) is 4.83. The van der Waals surface area contributed by atoms with Gasteiger partial charge >= 0.3 is 5.97 Å². The highest BCUT2D eigenvalue weighted by Gasteiger charge is 2.10. The van der Waals surface area contributed by atoms with Gasteiger partial charge in [-0.15, -0.1) is 0 Å². The Hall–Kier alpha value is -3.60. The monoisotopic (exact) mass is 417 g/mol. The van der Waals surface area contributed by atoms with E-state index in [0.717, 1.165) is 28.1 Å². The maximum absolute atomic E-state index is 12.5. The van der Waals surface area contributed by atoms with Crippen LogP contribution < -0.4 is 14.8 Å². The third-order valence-corrected chi connectivity index (χ3v) is 4.83. The van der Waals surface area contributed by atoms with Crippen LogP contribution in [0.4, 0.5) is 5.69 Å². The SMILES string of the molecule is CCOc1ccc(CCC(=O)Oc2ccc(C(=O)Nc3ccc(C)cc3C)cc2)cc1. The van der Waals surface area contributed by atoms with Gasteiger partial charge in [-0.1, -0.05) is 29.8 Å². The molecule has 1 N–H and O–H groups in total. The fraction of sp³-hybridized carbons (Fsp3) is 0.231. The predicted molar refractivity (Wildman–Crippen MR) is 122 cm³/mol. The van der Waals surface area contributed by atoms with E-state index in [2.05, 4.69) is 5.32 Å². The summed E-state index contributed by atoms with van der Waals surface area (Å²) in [6.07, 6.45) is 0.852. The molecule has 0 unspecified atom stereocenters. The van der Waals surface area contributed by atoms with Gasteiger partial charge in [0.05, 0.1) is 6.61 Å². The molecule has 0 radical (unpaired) electrons. The van der Waals surface area contributed by atoms with Crippen molar-refractivity contribution >= 4 is 17.6 Å². The molecule has 0 aliphatic rings. The minimum atomic E-state index is -0.318. The number of ether oxygens (including phenoxy) is 2. The van der Waals surface area contributed by atoms with Crippen molar-refractivity contribution in [3.63, 3.8) is 0 Å². The van der Waals surface area contributed by atoms with E-state index >= 15 is 0 Å². The van der Waals surface area contributed by atoms with Crippen molar-refractivity contribution in [3.05, 3.63) is 89.0 Å². The number of aryl methyl sites for hydroxylation is 3. The van der Waals surface area contributed by atoms with Crippen LogP contribution in [0.2, 0.25) is 0 Å². The first-order valence-electron chi connectivity index (χ1n) is 10.4. The molecule has 3 rings (SSSR count). The van der Waals surface area contributed by atoms with E-state index in [9.17, 15) is 9.59 Å². The summed E-state index contributed by atoms with van der Waals surface area (Å²) in [5, 5.41) is 2.91. The lowest BCUT2D eigenvalue weighted by Crippen LogP contribution is -2.13. The topological polar surface area (TPSA) is 64.6 Å². The highest BCUT2D eigenvalue weighted by atomic mass is 16.5. The van der Waals surface area contributed by atoms with E-state index in [-0.39, 0.29) is 18.3 Å². The van der Waals surface area contributed by atoms with Crippen molar-refractivity contribution in [3.8, 4) is 11.5 Å². The number of rotatable bonds is 8. The Morgan fingerprint density at radius 3 is 2.19 bits per heavy atom. The van der Waals surface area contributed by atoms with Crippen LogP contribution in [0.5, 0.6) is 11.5 Å². The van der Waals surface area contributed by atoms with Crippen LogP contribution in [0, 0.1) is 13.8 Å². The average molecular weight is 418 g/mol. The number of anilines is 1. The molecule has 0 saturated carbocycles. The molecule has 3 aromatic carbocycles. The first-order chi connectivity index (χ1) is 14.9. The normalized spacial score (nSPS) is 10.4. The number of carbonyl (C=O) groups is 2. The summed E-state index contributed by atoms with van der Waals surface area (Å²) in [5.74, 6) is 0.706. The zero-order chi connectivity index (χ0) is 22.2. The van der Waals surface area contributed by atoms with Crippen molar-refractivity contribution < 1.29 is 19.1 Å². The molecule has 0 fully saturated rings. The Bertz CT molecular complexity index is 1040. The number of benzene rings is 3. The summed E-state index contributed by atoms with van der Waals surface area (Å²) >= 11 is 0. The van der Waals surface area contributed by atoms with Gasteiger partial charge in [-0.3, -0.25) is 9.59 Å². The zero-order valence-corrected chi connectivity index (χ0v) is 18.1. The minimum Gasteiger partial charge on any atom is -0.494 e. The van der Waals surface area contributed by atoms with E-state index in [4.69, 9.17) is 9.47 Å². The Balaban J connectivity index is 1.51. The zero-order valence-electron chi connectivity index (χ0n) is 18.1. The summed E-state index contributed by atoms with van der Waals surface area (Å²) in [7, 11) is 0. The molecule has 0 heterocycles. The van der Waals surface area contributed by atoms with Crippen LogP contribution in [0.15, 0.2) is 66.7 Å². The number of nitrogens with one attached hydrogen (secondary N) is 1. The standard InChI is InChI=1S/C26H27NO4/c1-4-30-22-11-6-20(7-12-22)8-16-25(28)31-23-13-9-21(10-14-23)26(29)27-24-15-5-18(2)17-19(24)3/h5-7,9-15,17H,4,8,16H2,1-3H3,(H,27,29). The van der Waals surface area contributed by atoms with Crippen LogP contribution in [0.1, 0.15) is 40.4 Å². The predicted octanol–water partition coefficient (Wildman–Crippen LogP) is 5.49. The lowest BCUT2D eigenvalue weighted by molar-refractivity contribution is -0.134. The highest BCUT2D eigenvalue weighted by molar-refractivity contribution is 6.04. The van der Waals surface area contributed by atoms with Gasteiger partial charge in [0.2, 0.25) is 0 Å². The number of hydrogen-bond acceptors (Lipinski definition) is 4. The molecule has 0 saturated heterocycles. The highest BCUT2D eigenvalue weighted by Crippen LogP contribution is 2.19. The smallest absolute Gasteiger partial charge is 0.311 e. The van der Waals surface area contributed by atoms with Gasteiger partial charge < -0.3 is 14.8 Å². The van der Waals surface area contributed by atoms with Crippen molar-refractivity contribution in [1.82, 2.24) is 0 Å². The van der Waals surface area contributed by atoms with E-state index in [1.165, 1.54) is 0 Å². The van der Waals surface area contributed by atoms with Gasteiger partial charge in [-0.2, -0.15) is 0 Å². The van der Waals surface area contributed by atoms with Crippen LogP contribution >= 0.6 is 0 Å². The lowest BCUT2D eigenvalue weighted by Gasteiger charge is -2.10. The van der Waals surface area contributed by atoms with Crippen molar-refractivity contribution in [2.24, 2.45) is 0 Å². The molecule has 0 bridgehead atoms. The second kappa shape index (κ2) is 10.4. The van der Waals surface area contributed by atoms with Gasteiger partial charge in [0.25, 0.3) is 5.91 Å². The fourth-order valence-corrected chi connectivity index (χ4v) is 3.17. The van der Waals surface area contributed by atoms with Gasteiger partial charge in [0.1, 0.15) is 11.5 Å². The molecular formula is C26H27NO4. The van der Waals surface area contributed by atoms with Crippen molar-refractivity contribution in [2.45, 2.75) is 33.6 Å². The maximum Gasteiger partial charge on any atom is 0.311 e. The number of esters is 1. The third kappa shape index (κ3) is 6.44. The molecule has 0 aliphatic heterocycles. The van der Waals surface area contributed by atoms with E-state index in [1.807, 2.05) is 63.2 Å². The number of hydrogen-bond donors (Lipinski definition) is 1. The lowest BCUT2D eigenvalue weighted by atomic mass is 10.1. The molecule has 0 aromatic heterocycles.